The molecule has 110 valence electrons. The Bertz CT molecular complexity index is 654. The summed E-state index contributed by atoms with van der Waals surface area (Å²) in [6.45, 7) is 4.69. The van der Waals surface area contributed by atoms with Crippen molar-refractivity contribution in [2.45, 2.75) is 25.3 Å². The average Bonchev–Trinajstić information content (AvgIpc) is 2.55. The Balaban J connectivity index is 1.69. The van der Waals surface area contributed by atoms with E-state index in [2.05, 4.69) is 26.9 Å². The first-order valence-electron chi connectivity index (χ1n) is 7.95. The highest BCUT2D eigenvalue weighted by molar-refractivity contribution is 5.98. The lowest BCUT2D eigenvalue weighted by Gasteiger charge is -2.45. The van der Waals surface area contributed by atoms with Gasteiger partial charge < -0.3 is 10.6 Å². The van der Waals surface area contributed by atoms with E-state index < -0.39 is 0 Å². The van der Waals surface area contributed by atoms with E-state index in [0.29, 0.717) is 0 Å². The lowest BCUT2D eigenvalue weighted by molar-refractivity contribution is 0.133. The SMILES string of the molecule is Nc1ccc(N2CCN3CCCCC3C2)c2cccnc12. The van der Waals surface area contributed by atoms with Gasteiger partial charge in [0.2, 0.25) is 0 Å². The Labute approximate surface area is 125 Å². The molecule has 3 heterocycles. The molecule has 2 aromatic rings. The predicted molar refractivity (Wildman–Crippen MR) is 87.6 cm³/mol. The Kier molecular flexibility index (Phi) is 3.19. The van der Waals surface area contributed by atoms with E-state index in [9.17, 15) is 0 Å². The van der Waals surface area contributed by atoms with Gasteiger partial charge in [0.25, 0.3) is 0 Å². The van der Waals surface area contributed by atoms with Crippen molar-refractivity contribution in [2.75, 3.05) is 36.8 Å². The zero-order valence-electron chi connectivity index (χ0n) is 12.3. The first-order chi connectivity index (χ1) is 10.3. The summed E-state index contributed by atoms with van der Waals surface area (Å²) in [6, 6.07) is 9.02. The minimum atomic E-state index is 0.719. The van der Waals surface area contributed by atoms with Crippen molar-refractivity contribution >= 4 is 22.3 Å². The molecule has 4 nitrogen and oxygen atoms in total. The van der Waals surface area contributed by atoms with Gasteiger partial charge >= 0.3 is 0 Å². The minimum Gasteiger partial charge on any atom is -0.397 e. The molecule has 4 heteroatoms. The molecule has 2 fully saturated rings. The lowest BCUT2D eigenvalue weighted by atomic mass is 9.98. The molecule has 2 saturated heterocycles. The number of fused-ring (bicyclic) bond motifs is 2. The molecule has 1 unspecified atom stereocenters. The molecule has 0 radical (unpaired) electrons. The summed E-state index contributed by atoms with van der Waals surface area (Å²) in [5.41, 5.74) is 9.06. The Morgan fingerprint density at radius 1 is 1.10 bits per heavy atom. The fourth-order valence-corrected chi connectivity index (χ4v) is 3.83. The van der Waals surface area contributed by atoms with Crippen LogP contribution in [0.15, 0.2) is 30.5 Å². The number of hydrogen-bond donors (Lipinski definition) is 1. The molecular formula is C17H22N4. The lowest BCUT2D eigenvalue weighted by Crippen LogP contribution is -2.54. The topological polar surface area (TPSA) is 45.4 Å². The maximum Gasteiger partial charge on any atom is 0.0951 e. The van der Waals surface area contributed by atoms with Gasteiger partial charge in [0.1, 0.15) is 0 Å². The number of anilines is 2. The van der Waals surface area contributed by atoms with Gasteiger partial charge in [-0.15, -0.1) is 0 Å². The highest BCUT2D eigenvalue weighted by Crippen LogP contribution is 2.32. The monoisotopic (exact) mass is 282 g/mol. The number of nitrogens with zero attached hydrogens (tertiary/aromatic N) is 3. The molecule has 1 atom stereocenters. The molecule has 2 aliphatic heterocycles. The maximum atomic E-state index is 6.07. The van der Waals surface area contributed by atoms with E-state index in [1.165, 1.54) is 43.4 Å². The van der Waals surface area contributed by atoms with E-state index in [4.69, 9.17) is 5.73 Å². The van der Waals surface area contributed by atoms with Gasteiger partial charge in [-0.25, -0.2) is 0 Å². The average molecular weight is 282 g/mol. The number of pyridine rings is 1. The standard InChI is InChI=1S/C17H22N4/c18-15-6-7-16(14-5-3-8-19-17(14)15)21-11-10-20-9-2-1-4-13(20)12-21/h3,5-8,13H,1-2,4,9-12,18H2. The highest BCUT2D eigenvalue weighted by Gasteiger charge is 2.29. The van der Waals surface area contributed by atoms with Crippen LogP contribution in [0.5, 0.6) is 0 Å². The van der Waals surface area contributed by atoms with Crippen LogP contribution in [-0.2, 0) is 0 Å². The van der Waals surface area contributed by atoms with Crippen molar-refractivity contribution in [2.24, 2.45) is 0 Å². The zero-order valence-corrected chi connectivity index (χ0v) is 12.3. The molecule has 1 aromatic carbocycles. The molecule has 0 amide bonds. The number of nitrogen functional groups attached to an aromatic ring is 1. The van der Waals surface area contributed by atoms with Crippen LogP contribution in [-0.4, -0.2) is 42.1 Å². The van der Waals surface area contributed by atoms with Gasteiger partial charge in [-0.2, -0.15) is 0 Å². The van der Waals surface area contributed by atoms with Crippen LogP contribution >= 0.6 is 0 Å². The Morgan fingerprint density at radius 3 is 3.00 bits per heavy atom. The smallest absolute Gasteiger partial charge is 0.0951 e. The number of nitrogens with two attached hydrogens (primary N) is 1. The zero-order chi connectivity index (χ0) is 14.2. The van der Waals surface area contributed by atoms with E-state index in [1.54, 1.807) is 0 Å². The van der Waals surface area contributed by atoms with Gasteiger partial charge in [0, 0.05) is 42.9 Å². The van der Waals surface area contributed by atoms with Gasteiger partial charge in [-0.05, 0) is 43.7 Å². The minimum absolute atomic E-state index is 0.719. The number of aromatic nitrogens is 1. The summed E-state index contributed by atoms with van der Waals surface area (Å²) in [6.07, 6.45) is 5.90. The molecule has 4 rings (SSSR count). The van der Waals surface area contributed by atoms with Crippen LogP contribution in [0.1, 0.15) is 19.3 Å². The molecule has 0 bridgehead atoms. The normalized spacial score (nSPS) is 23.2. The van der Waals surface area contributed by atoms with Crippen LogP contribution in [0.25, 0.3) is 10.9 Å². The van der Waals surface area contributed by atoms with Crippen molar-refractivity contribution in [3.63, 3.8) is 0 Å². The van der Waals surface area contributed by atoms with E-state index in [0.717, 1.165) is 30.3 Å². The fourth-order valence-electron chi connectivity index (χ4n) is 3.83. The van der Waals surface area contributed by atoms with Gasteiger partial charge in [0.05, 0.1) is 11.2 Å². The van der Waals surface area contributed by atoms with Gasteiger partial charge in [-0.3, -0.25) is 9.88 Å². The van der Waals surface area contributed by atoms with Crippen molar-refractivity contribution in [3.05, 3.63) is 30.5 Å². The second-order valence-electron chi connectivity index (χ2n) is 6.21. The first-order valence-corrected chi connectivity index (χ1v) is 7.95. The number of hydrogen-bond acceptors (Lipinski definition) is 4. The molecule has 0 aliphatic carbocycles. The molecule has 1 aromatic heterocycles. The van der Waals surface area contributed by atoms with Crippen molar-refractivity contribution < 1.29 is 0 Å². The molecule has 21 heavy (non-hydrogen) atoms. The summed E-state index contributed by atoms with van der Waals surface area (Å²) in [7, 11) is 0. The Hall–Kier alpha value is -1.81. The summed E-state index contributed by atoms with van der Waals surface area (Å²) in [4.78, 5) is 9.64. The Morgan fingerprint density at radius 2 is 2.05 bits per heavy atom. The summed E-state index contributed by atoms with van der Waals surface area (Å²) >= 11 is 0. The molecule has 0 spiro atoms. The number of benzene rings is 1. The third-order valence-corrected chi connectivity index (χ3v) is 4.96. The van der Waals surface area contributed by atoms with Crippen molar-refractivity contribution in [3.8, 4) is 0 Å². The molecule has 2 aliphatic rings. The number of piperidine rings is 1. The van der Waals surface area contributed by atoms with Crippen molar-refractivity contribution in [1.82, 2.24) is 9.88 Å². The van der Waals surface area contributed by atoms with E-state index in [1.807, 2.05) is 18.3 Å². The number of rotatable bonds is 1. The fraction of sp³-hybridized carbons (Fsp3) is 0.471. The third-order valence-electron chi connectivity index (χ3n) is 4.96. The predicted octanol–water partition coefficient (Wildman–Crippen LogP) is 2.49. The van der Waals surface area contributed by atoms with E-state index >= 15 is 0 Å². The molecule has 2 N–H and O–H groups in total. The largest absolute Gasteiger partial charge is 0.397 e. The van der Waals surface area contributed by atoms with Crippen molar-refractivity contribution in [1.29, 1.82) is 0 Å². The van der Waals surface area contributed by atoms with Gasteiger partial charge in [0.15, 0.2) is 0 Å². The summed E-state index contributed by atoms with van der Waals surface area (Å²) in [5, 5.41) is 1.18. The van der Waals surface area contributed by atoms with Crippen LogP contribution in [0.3, 0.4) is 0 Å². The van der Waals surface area contributed by atoms with Crippen LogP contribution < -0.4 is 10.6 Å². The number of piperazine rings is 1. The molecular weight excluding hydrogens is 260 g/mol. The maximum absolute atomic E-state index is 6.07. The summed E-state index contributed by atoms with van der Waals surface area (Å²) in [5.74, 6) is 0. The van der Waals surface area contributed by atoms with E-state index in [-0.39, 0.29) is 0 Å². The molecule has 0 saturated carbocycles. The van der Waals surface area contributed by atoms with Crippen LogP contribution in [0.4, 0.5) is 11.4 Å². The van der Waals surface area contributed by atoms with Gasteiger partial charge in [-0.1, -0.05) is 6.42 Å². The highest BCUT2D eigenvalue weighted by atomic mass is 15.3. The summed E-state index contributed by atoms with van der Waals surface area (Å²) < 4.78 is 0. The van der Waals surface area contributed by atoms with Crippen LogP contribution in [0.2, 0.25) is 0 Å². The second kappa shape index (κ2) is 5.19. The second-order valence-corrected chi connectivity index (χ2v) is 6.21. The third kappa shape index (κ3) is 2.23. The van der Waals surface area contributed by atoms with Crippen LogP contribution in [0, 0.1) is 0 Å². The quantitative estimate of drug-likeness (QED) is 0.816. The first kappa shape index (κ1) is 12.9.